The lowest BCUT2D eigenvalue weighted by Crippen LogP contribution is -1.97. The van der Waals surface area contributed by atoms with E-state index in [0.717, 1.165) is 11.1 Å². The average molecular weight is 379 g/mol. The van der Waals surface area contributed by atoms with Gasteiger partial charge in [0.15, 0.2) is 0 Å². The lowest BCUT2D eigenvalue weighted by Gasteiger charge is -2.20. The van der Waals surface area contributed by atoms with E-state index < -0.39 is 5.69 Å². The van der Waals surface area contributed by atoms with E-state index in [0.29, 0.717) is 21.5 Å². The summed E-state index contributed by atoms with van der Waals surface area (Å²) >= 11 is 21.6. The van der Waals surface area contributed by atoms with E-state index in [2.05, 4.69) is 12.2 Å². The second kappa shape index (κ2) is 6.80. The average Bonchev–Trinajstić information content (AvgIpc) is 2.36. The zero-order valence-electron chi connectivity index (χ0n) is 11.3. The maximum atomic E-state index is 5.92. The minimum atomic E-state index is -2.78. The molecule has 0 aromatic heterocycles. The van der Waals surface area contributed by atoms with Crippen LogP contribution in [-0.4, -0.2) is 0 Å². The summed E-state index contributed by atoms with van der Waals surface area (Å²) in [5.74, 6) is 1.23. The van der Waals surface area contributed by atoms with Gasteiger partial charge in [0.1, 0.15) is 11.5 Å². The van der Waals surface area contributed by atoms with Gasteiger partial charge in [0.2, 0.25) is 0 Å². The number of halogens is 2. The summed E-state index contributed by atoms with van der Waals surface area (Å²) in [6, 6.07) is 10.6. The van der Waals surface area contributed by atoms with Crippen molar-refractivity contribution in [2.24, 2.45) is 0 Å². The van der Waals surface area contributed by atoms with Gasteiger partial charge in [0.25, 0.3) is 0 Å². The fourth-order valence-electron chi connectivity index (χ4n) is 1.70. The molecule has 0 radical (unpaired) electrons. The van der Waals surface area contributed by atoms with Gasteiger partial charge in [-0.15, -0.1) is 0 Å². The molecule has 21 heavy (non-hydrogen) atoms. The minimum Gasteiger partial charge on any atom is -0.428 e. The SMILES string of the molecule is Cc1cc(Cl)ccc1OP(=S)(S)Oc1ccc(Cl)cc1C. The first-order valence-corrected chi connectivity index (χ1v) is 10.6. The summed E-state index contributed by atoms with van der Waals surface area (Å²) < 4.78 is 11.5. The molecular formula is C14H13Cl2O2PS2. The molecule has 2 nitrogen and oxygen atoms in total. The fraction of sp³-hybridized carbons (Fsp3) is 0.143. The van der Waals surface area contributed by atoms with Crippen molar-refractivity contribution in [2.45, 2.75) is 13.8 Å². The van der Waals surface area contributed by atoms with Crippen LogP contribution >= 0.6 is 41.1 Å². The van der Waals surface area contributed by atoms with Gasteiger partial charge in [-0.05, 0) is 73.2 Å². The molecule has 0 aliphatic rings. The largest absolute Gasteiger partial charge is 0.428 e. The normalized spacial score (nSPS) is 11.3. The molecule has 0 heterocycles. The zero-order chi connectivity index (χ0) is 15.6. The van der Waals surface area contributed by atoms with E-state index in [9.17, 15) is 0 Å². The Morgan fingerprint density at radius 1 is 0.905 bits per heavy atom. The van der Waals surface area contributed by atoms with Crippen molar-refractivity contribution in [3.8, 4) is 11.5 Å². The Balaban J connectivity index is 2.20. The molecule has 0 aliphatic heterocycles. The van der Waals surface area contributed by atoms with Crippen LogP contribution in [0.15, 0.2) is 36.4 Å². The minimum absolute atomic E-state index is 0.615. The number of aryl methyl sites for hydroxylation is 2. The van der Waals surface area contributed by atoms with Crippen molar-refractivity contribution in [1.29, 1.82) is 0 Å². The van der Waals surface area contributed by atoms with Crippen molar-refractivity contribution in [3.63, 3.8) is 0 Å². The number of benzene rings is 2. The highest BCUT2D eigenvalue weighted by Gasteiger charge is 2.19. The molecule has 0 saturated heterocycles. The molecule has 2 aromatic rings. The predicted molar refractivity (Wildman–Crippen MR) is 96.9 cm³/mol. The standard InChI is InChI=1S/C14H13Cl2O2PS2/c1-9-7-11(15)3-5-13(9)17-19(20,21)18-14-6-4-12(16)8-10(14)2/h3-8H,1-2H3,(H,20,21). The molecule has 0 unspecified atom stereocenters. The van der Waals surface area contributed by atoms with E-state index in [1.54, 1.807) is 36.4 Å². The monoisotopic (exact) mass is 378 g/mol. The molecule has 7 heteroatoms. The quantitative estimate of drug-likeness (QED) is 0.502. The first-order chi connectivity index (χ1) is 9.77. The molecule has 112 valence electrons. The van der Waals surface area contributed by atoms with Crippen LogP contribution in [0, 0.1) is 13.8 Å². The van der Waals surface area contributed by atoms with Crippen LogP contribution < -0.4 is 9.05 Å². The summed E-state index contributed by atoms with van der Waals surface area (Å²) in [5.41, 5.74) is -1.02. The van der Waals surface area contributed by atoms with Crippen LogP contribution in [0.3, 0.4) is 0 Å². The third-order valence-electron chi connectivity index (χ3n) is 2.70. The summed E-state index contributed by atoms with van der Waals surface area (Å²) in [6.45, 7) is 3.77. The lowest BCUT2D eigenvalue weighted by molar-refractivity contribution is 0.502. The number of hydrogen-bond donors (Lipinski definition) is 1. The summed E-state index contributed by atoms with van der Waals surface area (Å²) in [6.07, 6.45) is 0. The molecule has 0 N–H and O–H groups in total. The molecule has 0 bridgehead atoms. The van der Waals surface area contributed by atoms with Crippen LogP contribution in [0.4, 0.5) is 0 Å². The lowest BCUT2D eigenvalue weighted by atomic mass is 10.2. The van der Waals surface area contributed by atoms with Gasteiger partial charge in [-0.1, -0.05) is 35.5 Å². The van der Waals surface area contributed by atoms with Crippen LogP contribution in [0.1, 0.15) is 11.1 Å². The smallest absolute Gasteiger partial charge is 0.345 e. The molecule has 0 amide bonds. The highest BCUT2D eigenvalue weighted by molar-refractivity contribution is 8.60. The van der Waals surface area contributed by atoms with Crippen LogP contribution in [0.25, 0.3) is 0 Å². The maximum absolute atomic E-state index is 5.92. The molecule has 0 aliphatic carbocycles. The van der Waals surface area contributed by atoms with E-state index in [4.69, 9.17) is 44.1 Å². The van der Waals surface area contributed by atoms with Crippen molar-refractivity contribution in [3.05, 3.63) is 57.6 Å². The topological polar surface area (TPSA) is 18.5 Å². The van der Waals surface area contributed by atoms with Crippen LogP contribution in [0.5, 0.6) is 11.5 Å². The second-order valence-electron chi connectivity index (χ2n) is 4.47. The number of thiol groups is 1. The number of hydrogen-bond acceptors (Lipinski definition) is 3. The van der Waals surface area contributed by atoms with Crippen molar-refractivity contribution >= 4 is 53.0 Å². The summed E-state index contributed by atoms with van der Waals surface area (Å²) in [7, 11) is 0. The highest BCUT2D eigenvalue weighted by Crippen LogP contribution is 2.54. The molecule has 0 atom stereocenters. The van der Waals surface area contributed by atoms with E-state index in [1.807, 2.05) is 13.8 Å². The van der Waals surface area contributed by atoms with Gasteiger partial charge >= 0.3 is 5.69 Å². The Labute approximate surface area is 144 Å². The second-order valence-corrected chi connectivity index (χ2v) is 10.5. The fourth-order valence-corrected chi connectivity index (χ4v) is 4.10. The first kappa shape index (κ1) is 17.0. The number of rotatable bonds is 4. The van der Waals surface area contributed by atoms with Crippen LogP contribution in [-0.2, 0) is 11.8 Å². The van der Waals surface area contributed by atoms with Gasteiger partial charge < -0.3 is 9.05 Å². The van der Waals surface area contributed by atoms with E-state index in [1.165, 1.54) is 0 Å². The van der Waals surface area contributed by atoms with E-state index in [-0.39, 0.29) is 0 Å². The van der Waals surface area contributed by atoms with Gasteiger partial charge in [-0.25, -0.2) is 0 Å². The molecule has 2 rings (SSSR count). The zero-order valence-corrected chi connectivity index (χ0v) is 15.5. The van der Waals surface area contributed by atoms with Crippen LogP contribution in [0.2, 0.25) is 10.0 Å². The highest BCUT2D eigenvalue weighted by atomic mass is 35.5. The van der Waals surface area contributed by atoms with Crippen molar-refractivity contribution < 1.29 is 9.05 Å². The van der Waals surface area contributed by atoms with Gasteiger partial charge in [0, 0.05) is 10.0 Å². The maximum Gasteiger partial charge on any atom is 0.345 e. The van der Waals surface area contributed by atoms with Gasteiger partial charge in [-0.3, -0.25) is 0 Å². The summed E-state index contributed by atoms with van der Waals surface area (Å²) in [4.78, 5) is 0. The molecule has 0 spiro atoms. The Kier molecular flexibility index (Phi) is 5.50. The van der Waals surface area contributed by atoms with Gasteiger partial charge in [0.05, 0.1) is 0 Å². The first-order valence-electron chi connectivity index (χ1n) is 6.01. The Hall–Kier alpha value is -0.380. The van der Waals surface area contributed by atoms with E-state index >= 15 is 0 Å². The predicted octanol–water partition coefficient (Wildman–Crippen LogP) is 6.22. The third-order valence-corrected chi connectivity index (χ3v) is 4.96. The molecule has 0 fully saturated rings. The van der Waals surface area contributed by atoms with Crippen molar-refractivity contribution in [2.75, 3.05) is 0 Å². The summed E-state index contributed by atoms with van der Waals surface area (Å²) in [5, 5.41) is 1.28. The Morgan fingerprint density at radius 3 is 1.62 bits per heavy atom. The third kappa shape index (κ3) is 4.80. The van der Waals surface area contributed by atoms with Crippen molar-refractivity contribution in [1.82, 2.24) is 0 Å². The molecular weight excluding hydrogens is 366 g/mol. The Bertz CT molecular complexity index is 665. The van der Waals surface area contributed by atoms with Gasteiger partial charge in [-0.2, -0.15) is 0 Å². The molecule has 0 saturated carbocycles. The Morgan fingerprint density at radius 2 is 1.29 bits per heavy atom. The molecule has 2 aromatic carbocycles.